The first kappa shape index (κ1) is 14.8. The molecule has 3 nitrogen and oxygen atoms in total. The molecule has 1 aromatic rings. The van der Waals surface area contributed by atoms with E-state index in [9.17, 15) is 4.79 Å². The molecule has 1 aliphatic carbocycles. The van der Waals surface area contributed by atoms with E-state index in [1.54, 1.807) is 0 Å². The van der Waals surface area contributed by atoms with Gasteiger partial charge in [-0.25, -0.2) is 5.43 Å². The minimum atomic E-state index is -0.0284. The number of hydrogen-bond acceptors (Lipinski definition) is 2. The van der Waals surface area contributed by atoms with Crippen molar-refractivity contribution in [2.75, 3.05) is 0 Å². The molecule has 3 heteroatoms. The summed E-state index contributed by atoms with van der Waals surface area (Å²) in [4.78, 5) is 11.8. The molecule has 2 rings (SSSR count). The van der Waals surface area contributed by atoms with Crippen LogP contribution in [0.25, 0.3) is 0 Å². The van der Waals surface area contributed by atoms with Crippen LogP contribution in [0.5, 0.6) is 0 Å². The van der Waals surface area contributed by atoms with Gasteiger partial charge in [0.2, 0.25) is 5.91 Å². The fourth-order valence-electron chi connectivity index (χ4n) is 2.78. The van der Waals surface area contributed by atoms with E-state index in [-0.39, 0.29) is 5.91 Å². The molecular weight excluding hydrogens is 248 g/mol. The molecule has 108 valence electrons. The first-order valence-electron chi connectivity index (χ1n) is 7.66. The molecule has 0 aliphatic heterocycles. The number of rotatable bonds is 5. The fraction of sp³-hybridized carbons (Fsp3) is 0.529. The molecular formula is C17H24N2O. The Morgan fingerprint density at radius 1 is 1.25 bits per heavy atom. The molecule has 1 aliphatic rings. The van der Waals surface area contributed by atoms with Gasteiger partial charge in [-0.2, -0.15) is 5.10 Å². The smallest absolute Gasteiger partial charge is 0.244 e. The second kappa shape index (κ2) is 7.83. The summed E-state index contributed by atoms with van der Waals surface area (Å²) in [5, 5.41) is 4.29. The molecule has 1 N–H and O–H groups in total. The number of benzene rings is 1. The lowest BCUT2D eigenvalue weighted by Gasteiger charge is -2.22. The summed E-state index contributed by atoms with van der Waals surface area (Å²) >= 11 is 0. The van der Waals surface area contributed by atoms with Crippen molar-refractivity contribution in [2.24, 2.45) is 11.0 Å². The van der Waals surface area contributed by atoms with E-state index in [2.05, 4.69) is 17.5 Å². The van der Waals surface area contributed by atoms with Crippen LogP contribution in [0.1, 0.15) is 51.0 Å². The van der Waals surface area contributed by atoms with Gasteiger partial charge in [0, 0.05) is 5.71 Å². The minimum absolute atomic E-state index is 0.0284. The number of nitrogens with one attached hydrogen (secondary N) is 1. The molecule has 1 fully saturated rings. The van der Waals surface area contributed by atoms with E-state index in [0.29, 0.717) is 6.42 Å². The normalized spacial score (nSPS) is 18.6. The number of nitrogens with zero attached hydrogens (tertiary/aromatic N) is 1. The molecule has 0 heterocycles. The zero-order chi connectivity index (χ0) is 14.2. The van der Waals surface area contributed by atoms with Crippen LogP contribution in [0.4, 0.5) is 0 Å². The maximum atomic E-state index is 11.8. The number of carbonyl (C=O) groups excluding carboxylic acids is 1. The van der Waals surface area contributed by atoms with Gasteiger partial charge in [0.05, 0.1) is 6.42 Å². The molecule has 20 heavy (non-hydrogen) atoms. The Labute approximate surface area is 121 Å². The van der Waals surface area contributed by atoms with Crippen LogP contribution in [0.15, 0.2) is 35.4 Å². The molecule has 0 unspecified atom stereocenters. The number of hydrogen-bond donors (Lipinski definition) is 1. The summed E-state index contributed by atoms with van der Waals surface area (Å²) in [5.74, 6) is 0.832. The minimum Gasteiger partial charge on any atom is -0.273 e. The highest BCUT2D eigenvalue weighted by Gasteiger charge is 2.16. The van der Waals surface area contributed by atoms with E-state index in [1.807, 2.05) is 30.3 Å². The fourth-order valence-corrected chi connectivity index (χ4v) is 2.78. The van der Waals surface area contributed by atoms with Crippen molar-refractivity contribution in [3.63, 3.8) is 0 Å². The largest absolute Gasteiger partial charge is 0.273 e. The third-order valence-corrected chi connectivity index (χ3v) is 3.93. The highest BCUT2D eigenvalue weighted by molar-refractivity contribution is 5.87. The van der Waals surface area contributed by atoms with Crippen LogP contribution in [-0.2, 0) is 11.2 Å². The second-order valence-electron chi connectivity index (χ2n) is 5.61. The van der Waals surface area contributed by atoms with Crippen molar-refractivity contribution >= 4 is 11.6 Å². The van der Waals surface area contributed by atoms with Crippen molar-refractivity contribution < 1.29 is 4.79 Å². The summed E-state index contributed by atoms with van der Waals surface area (Å²) in [5.41, 5.74) is 4.87. The maximum absolute atomic E-state index is 11.8. The van der Waals surface area contributed by atoms with Crippen molar-refractivity contribution in [3.05, 3.63) is 35.9 Å². The number of amides is 1. The monoisotopic (exact) mass is 272 g/mol. The van der Waals surface area contributed by atoms with Gasteiger partial charge < -0.3 is 0 Å². The van der Waals surface area contributed by atoms with E-state index < -0.39 is 0 Å². The molecule has 0 saturated heterocycles. The number of carbonyl (C=O) groups is 1. The first-order valence-corrected chi connectivity index (χ1v) is 7.66. The summed E-state index contributed by atoms with van der Waals surface area (Å²) < 4.78 is 0. The van der Waals surface area contributed by atoms with Gasteiger partial charge in [0.25, 0.3) is 0 Å². The van der Waals surface area contributed by atoms with Crippen molar-refractivity contribution in [1.82, 2.24) is 5.43 Å². The highest BCUT2D eigenvalue weighted by atomic mass is 16.2. The summed E-state index contributed by atoms with van der Waals surface area (Å²) in [6.45, 7) is 2.24. The Kier molecular flexibility index (Phi) is 5.78. The Morgan fingerprint density at radius 3 is 2.60 bits per heavy atom. The van der Waals surface area contributed by atoms with Gasteiger partial charge in [-0.3, -0.25) is 4.79 Å². The summed E-state index contributed by atoms with van der Waals surface area (Å²) in [6.07, 6.45) is 7.52. The van der Waals surface area contributed by atoms with Crippen LogP contribution in [0.3, 0.4) is 0 Å². The lowest BCUT2D eigenvalue weighted by molar-refractivity contribution is -0.120. The predicted molar refractivity (Wildman–Crippen MR) is 82.6 cm³/mol. The lowest BCUT2D eigenvalue weighted by atomic mass is 9.85. The summed E-state index contributed by atoms with van der Waals surface area (Å²) in [6, 6.07) is 9.77. The van der Waals surface area contributed by atoms with E-state index >= 15 is 0 Å². The molecule has 0 aromatic heterocycles. The zero-order valence-electron chi connectivity index (χ0n) is 12.3. The molecule has 1 aromatic carbocycles. The molecule has 0 radical (unpaired) electrons. The lowest BCUT2D eigenvalue weighted by Crippen LogP contribution is -2.23. The van der Waals surface area contributed by atoms with Crippen LogP contribution in [0.2, 0.25) is 0 Å². The van der Waals surface area contributed by atoms with Crippen molar-refractivity contribution in [2.45, 2.75) is 51.9 Å². The van der Waals surface area contributed by atoms with E-state index in [0.717, 1.165) is 30.0 Å². The van der Waals surface area contributed by atoms with Gasteiger partial charge in [-0.15, -0.1) is 0 Å². The predicted octanol–water partition coefficient (Wildman–Crippen LogP) is 3.69. The molecule has 0 bridgehead atoms. The number of hydrazone groups is 1. The van der Waals surface area contributed by atoms with Gasteiger partial charge >= 0.3 is 0 Å². The SMILES string of the molecule is CCCC1CCC(=NNC(=O)Cc2ccccc2)CC1. The Morgan fingerprint density at radius 2 is 1.95 bits per heavy atom. The Balaban J connectivity index is 1.74. The standard InChI is InChI=1S/C17H24N2O/c1-2-6-14-9-11-16(12-10-14)18-19-17(20)13-15-7-4-3-5-8-15/h3-5,7-8,14H,2,6,9-13H2,1H3,(H,19,20). The Bertz CT molecular complexity index is 443. The van der Waals surface area contributed by atoms with Crippen molar-refractivity contribution in [3.8, 4) is 0 Å². The molecule has 0 spiro atoms. The van der Waals surface area contributed by atoms with Crippen molar-refractivity contribution in [1.29, 1.82) is 0 Å². The Hall–Kier alpha value is -1.64. The average molecular weight is 272 g/mol. The zero-order valence-corrected chi connectivity index (χ0v) is 12.3. The van der Waals surface area contributed by atoms with Crippen LogP contribution < -0.4 is 5.43 Å². The molecule has 0 atom stereocenters. The third-order valence-electron chi connectivity index (χ3n) is 3.93. The molecule has 1 saturated carbocycles. The van der Waals surface area contributed by atoms with Crippen LogP contribution in [0, 0.1) is 5.92 Å². The van der Waals surface area contributed by atoms with Gasteiger partial charge in [-0.05, 0) is 37.2 Å². The highest BCUT2D eigenvalue weighted by Crippen LogP contribution is 2.25. The van der Waals surface area contributed by atoms with Gasteiger partial charge in [-0.1, -0.05) is 50.1 Å². The summed E-state index contributed by atoms with van der Waals surface area (Å²) in [7, 11) is 0. The molecule has 1 amide bonds. The van der Waals surface area contributed by atoms with Crippen LogP contribution >= 0.6 is 0 Å². The third kappa shape index (κ3) is 4.80. The van der Waals surface area contributed by atoms with Crippen LogP contribution in [-0.4, -0.2) is 11.6 Å². The van der Waals surface area contributed by atoms with E-state index in [1.165, 1.54) is 25.7 Å². The van der Waals surface area contributed by atoms with Gasteiger partial charge in [0.1, 0.15) is 0 Å². The average Bonchev–Trinajstić information content (AvgIpc) is 2.48. The van der Waals surface area contributed by atoms with Gasteiger partial charge in [0.15, 0.2) is 0 Å². The van der Waals surface area contributed by atoms with E-state index in [4.69, 9.17) is 0 Å². The second-order valence-corrected chi connectivity index (χ2v) is 5.61. The topological polar surface area (TPSA) is 41.5 Å². The first-order chi connectivity index (χ1) is 9.78. The quantitative estimate of drug-likeness (QED) is 0.816. The maximum Gasteiger partial charge on any atom is 0.244 e.